The molecule has 0 bridgehead atoms. The van der Waals surface area contributed by atoms with Gasteiger partial charge in [0.1, 0.15) is 11.4 Å². The van der Waals surface area contributed by atoms with Gasteiger partial charge in [0.05, 0.1) is 30.5 Å². The number of hydrogen-bond acceptors (Lipinski definition) is 8. The van der Waals surface area contributed by atoms with Crippen LogP contribution in [-0.2, 0) is 0 Å². The number of nitrogens with zero attached hydrogens (tertiary/aromatic N) is 5. The molecule has 0 atom stereocenters. The maximum absolute atomic E-state index is 13.5. The molecule has 0 aliphatic carbocycles. The average molecular weight is 662 g/mol. The fourth-order valence-corrected chi connectivity index (χ4v) is 5.92. The van der Waals surface area contributed by atoms with E-state index in [4.69, 9.17) is 19.3 Å². The fraction of sp³-hybridized carbons (Fsp3) is 0.263. The van der Waals surface area contributed by atoms with Gasteiger partial charge in [-0.3, -0.25) is 4.79 Å². The molecule has 48 heavy (non-hydrogen) atoms. The molecule has 246 valence electrons. The average Bonchev–Trinajstić information content (AvgIpc) is 3.79. The standard InChI is InChI=1S/C38H39N5O4S/c1-5-6-21-47-32-18-12-27(23-33(32)45-4)13-19-35-39-38-43(40-35)37(44)34(48-38)24-29-25-42(30-10-8-7-9-11-30)41-36(29)28-14-16-31(17-15-28)46-22-20-26(2)3/h7-19,23-26H,5-6,20-22H2,1-4H3/b19-13+,34-24-. The Bertz CT molecular complexity index is 2110. The second-order valence-corrected chi connectivity index (χ2v) is 12.8. The zero-order chi connectivity index (χ0) is 33.5. The molecule has 0 radical (unpaired) electrons. The predicted octanol–water partition coefficient (Wildman–Crippen LogP) is 7.33. The lowest BCUT2D eigenvalue weighted by Crippen LogP contribution is -2.23. The molecule has 0 spiro atoms. The van der Waals surface area contributed by atoms with E-state index >= 15 is 0 Å². The molecular weight excluding hydrogens is 623 g/mol. The third-order valence-electron chi connectivity index (χ3n) is 7.71. The lowest BCUT2D eigenvalue weighted by atomic mass is 10.1. The number of para-hydroxylation sites is 1. The fourth-order valence-electron chi connectivity index (χ4n) is 5.02. The van der Waals surface area contributed by atoms with Crippen molar-refractivity contribution in [1.29, 1.82) is 0 Å². The van der Waals surface area contributed by atoms with Crippen molar-refractivity contribution >= 4 is 34.5 Å². The summed E-state index contributed by atoms with van der Waals surface area (Å²) in [6.07, 6.45) is 10.5. The summed E-state index contributed by atoms with van der Waals surface area (Å²) in [5.74, 6) is 3.22. The van der Waals surface area contributed by atoms with E-state index in [0.717, 1.165) is 53.1 Å². The van der Waals surface area contributed by atoms with E-state index < -0.39 is 0 Å². The summed E-state index contributed by atoms with van der Waals surface area (Å²) in [4.78, 5) is 18.6. The number of thiazole rings is 1. The number of rotatable bonds is 14. The van der Waals surface area contributed by atoms with Crippen molar-refractivity contribution in [3.63, 3.8) is 0 Å². The van der Waals surface area contributed by atoms with Crippen LogP contribution in [0.15, 0.2) is 83.8 Å². The van der Waals surface area contributed by atoms with Gasteiger partial charge in [-0.15, -0.1) is 5.10 Å². The Morgan fingerprint density at radius 2 is 1.73 bits per heavy atom. The van der Waals surface area contributed by atoms with Crippen molar-refractivity contribution < 1.29 is 14.2 Å². The number of hydrogen-bond donors (Lipinski definition) is 0. The van der Waals surface area contributed by atoms with Gasteiger partial charge in [0.25, 0.3) is 5.56 Å². The van der Waals surface area contributed by atoms with Gasteiger partial charge >= 0.3 is 0 Å². The molecule has 0 N–H and O–H groups in total. The van der Waals surface area contributed by atoms with Crippen LogP contribution in [0.5, 0.6) is 17.2 Å². The summed E-state index contributed by atoms with van der Waals surface area (Å²) >= 11 is 1.30. The van der Waals surface area contributed by atoms with E-state index in [2.05, 4.69) is 30.9 Å². The van der Waals surface area contributed by atoms with Crippen LogP contribution in [0.1, 0.15) is 57.0 Å². The van der Waals surface area contributed by atoms with Crippen molar-refractivity contribution in [3.05, 3.63) is 111 Å². The SMILES string of the molecule is CCCCOc1ccc(/C=C/c2nc3s/c(=C\c4cn(-c5ccccc5)nc4-c4ccc(OCCC(C)C)cc4)c(=O)n3n2)cc1OC. The molecule has 10 heteroatoms. The number of aromatic nitrogens is 5. The van der Waals surface area contributed by atoms with Crippen LogP contribution >= 0.6 is 11.3 Å². The highest BCUT2D eigenvalue weighted by Gasteiger charge is 2.14. The Morgan fingerprint density at radius 1 is 0.917 bits per heavy atom. The molecule has 0 aliphatic rings. The minimum absolute atomic E-state index is 0.232. The maximum atomic E-state index is 13.5. The van der Waals surface area contributed by atoms with Crippen LogP contribution in [0.3, 0.4) is 0 Å². The summed E-state index contributed by atoms with van der Waals surface area (Å²) in [7, 11) is 1.63. The number of ether oxygens (including phenoxy) is 3. The first-order valence-electron chi connectivity index (χ1n) is 16.2. The summed E-state index contributed by atoms with van der Waals surface area (Å²) in [5.41, 5.74) is 4.08. The Morgan fingerprint density at radius 3 is 2.46 bits per heavy atom. The first kappa shape index (κ1) is 32.7. The molecule has 0 amide bonds. The normalized spacial score (nSPS) is 12.1. The Hall–Kier alpha value is -5.22. The van der Waals surface area contributed by atoms with Crippen molar-refractivity contribution in [2.24, 2.45) is 5.92 Å². The van der Waals surface area contributed by atoms with Gasteiger partial charge < -0.3 is 14.2 Å². The third kappa shape index (κ3) is 7.66. The number of fused-ring (bicyclic) bond motifs is 1. The first-order chi connectivity index (χ1) is 23.4. The number of benzene rings is 3. The molecule has 3 aromatic carbocycles. The van der Waals surface area contributed by atoms with Gasteiger partial charge in [0.15, 0.2) is 17.3 Å². The van der Waals surface area contributed by atoms with Crippen molar-refractivity contribution in [2.45, 2.75) is 40.0 Å². The lowest BCUT2D eigenvalue weighted by Gasteiger charge is -2.10. The van der Waals surface area contributed by atoms with E-state index in [1.54, 1.807) is 13.2 Å². The lowest BCUT2D eigenvalue weighted by molar-refractivity contribution is 0.288. The topological polar surface area (TPSA) is 92.8 Å². The highest BCUT2D eigenvalue weighted by molar-refractivity contribution is 7.15. The van der Waals surface area contributed by atoms with E-state index in [9.17, 15) is 4.79 Å². The second kappa shape index (κ2) is 15.1. The Balaban J connectivity index is 1.28. The van der Waals surface area contributed by atoms with Gasteiger partial charge in [0.2, 0.25) is 4.96 Å². The zero-order valence-electron chi connectivity index (χ0n) is 27.6. The van der Waals surface area contributed by atoms with Gasteiger partial charge in [-0.2, -0.15) is 14.6 Å². The monoisotopic (exact) mass is 661 g/mol. The molecule has 3 aromatic heterocycles. The van der Waals surface area contributed by atoms with Crippen molar-refractivity contribution in [3.8, 4) is 34.2 Å². The van der Waals surface area contributed by atoms with E-state index in [-0.39, 0.29) is 5.56 Å². The van der Waals surface area contributed by atoms with Gasteiger partial charge in [-0.05, 0) is 85.0 Å². The van der Waals surface area contributed by atoms with Crippen LogP contribution in [0, 0.1) is 5.92 Å². The summed E-state index contributed by atoms with van der Waals surface area (Å²) in [5, 5.41) is 9.40. The molecule has 6 aromatic rings. The van der Waals surface area contributed by atoms with Gasteiger partial charge in [0, 0.05) is 17.3 Å². The minimum Gasteiger partial charge on any atom is -0.494 e. The predicted molar refractivity (Wildman–Crippen MR) is 192 cm³/mol. The van der Waals surface area contributed by atoms with Crippen LogP contribution in [0.25, 0.3) is 40.1 Å². The third-order valence-corrected chi connectivity index (χ3v) is 8.67. The molecule has 0 saturated heterocycles. The zero-order valence-corrected chi connectivity index (χ0v) is 28.4. The smallest absolute Gasteiger partial charge is 0.291 e. The van der Waals surface area contributed by atoms with Crippen LogP contribution in [0.4, 0.5) is 0 Å². The van der Waals surface area contributed by atoms with E-state index in [1.807, 2.05) is 95.8 Å². The Kier molecular flexibility index (Phi) is 10.3. The van der Waals surface area contributed by atoms with Crippen molar-refractivity contribution in [2.75, 3.05) is 20.3 Å². The first-order valence-corrected chi connectivity index (χ1v) is 17.0. The molecule has 6 rings (SSSR count). The van der Waals surface area contributed by atoms with Crippen LogP contribution in [-0.4, -0.2) is 44.7 Å². The second-order valence-electron chi connectivity index (χ2n) is 11.8. The molecule has 9 nitrogen and oxygen atoms in total. The molecule has 0 saturated carbocycles. The van der Waals surface area contributed by atoms with Crippen LogP contribution < -0.4 is 24.3 Å². The quantitative estimate of drug-likeness (QED) is 0.113. The summed E-state index contributed by atoms with van der Waals surface area (Å²) in [6, 6.07) is 23.6. The molecule has 0 fully saturated rings. The number of methoxy groups -OCH3 is 1. The van der Waals surface area contributed by atoms with Crippen molar-refractivity contribution in [1.82, 2.24) is 24.4 Å². The number of unbranched alkanes of at least 4 members (excludes halogenated alkanes) is 1. The highest BCUT2D eigenvalue weighted by Crippen LogP contribution is 2.29. The van der Waals surface area contributed by atoms with E-state index in [0.29, 0.717) is 45.9 Å². The highest BCUT2D eigenvalue weighted by atomic mass is 32.1. The Labute approximate surface area is 283 Å². The summed E-state index contributed by atoms with van der Waals surface area (Å²) in [6.45, 7) is 7.81. The minimum atomic E-state index is -0.232. The molecule has 0 unspecified atom stereocenters. The van der Waals surface area contributed by atoms with Gasteiger partial charge in [-0.25, -0.2) is 4.68 Å². The maximum Gasteiger partial charge on any atom is 0.291 e. The van der Waals surface area contributed by atoms with Gasteiger partial charge in [-0.1, -0.05) is 68.9 Å². The summed E-state index contributed by atoms with van der Waals surface area (Å²) < 4.78 is 21.0. The van der Waals surface area contributed by atoms with Crippen LogP contribution in [0.2, 0.25) is 0 Å². The molecule has 3 heterocycles. The largest absolute Gasteiger partial charge is 0.494 e. The molecular formula is C38H39N5O4S. The van der Waals surface area contributed by atoms with E-state index in [1.165, 1.54) is 15.9 Å². The molecule has 0 aliphatic heterocycles.